The van der Waals surface area contributed by atoms with E-state index < -0.39 is 0 Å². The van der Waals surface area contributed by atoms with E-state index in [-0.39, 0.29) is 11.9 Å². The van der Waals surface area contributed by atoms with Gasteiger partial charge in [-0.15, -0.1) is 0 Å². The Bertz CT molecular complexity index is 209. The van der Waals surface area contributed by atoms with E-state index in [0.29, 0.717) is 12.3 Å². The van der Waals surface area contributed by atoms with E-state index in [2.05, 4.69) is 5.32 Å². The van der Waals surface area contributed by atoms with Crippen LogP contribution >= 0.6 is 0 Å². The van der Waals surface area contributed by atoms with E-state index in [1.807, 2.05) is 0 Å². The third-order valence-corrected chi connectivity index (χ3v) is 3.22. The summed E-state index contributed by atoms with van der Waals surface area (Å²) in [4.78, 5) is 11.4. The van der Waals surface area contributed by atoms with Gasteiger partial charge in [-0.3, -0.25) is 4.79 Å². The average Bonchev–Trinajstić information content (AvgIpc) is 3.00. The van der Waals surface area contributed by atoms with E-state index in [0.717, 1.165) is 18.9 Å². The highest BCUT2D eigenvalue weighted by Crippen LogP contribution is 2.33. The number of nitrogens with one attached hydrogen (secondary N) is 1. The minimum atomic E-state index is 0.107. The molecule has 1 amide bonds. The quantitative estimate of drug-likeness (QED) is 0.666. The van der Waals surface area contributed by atoms with Gasteiger partial charge in [0, 0.05) is 19.0 Å². The molecule has 3 N–H and O–H groups in total. The Morgan fingerprint density at radius 2 is 2.07 bits per heavy atom. The van der Waals surface area contributed by atoms with Crippen LogP contribution in [0, 0.1) is 11.8 Å². The molecule has 80 valence electrons. The summed E-state index contributed by atoms with van der Waals surface area (Å²) < 4.78 is 0. The van der Waals surface area contributed by atoms with Crippen molar-refractivity contribution in [2.24, 2.45) is 17.6 Å². The summed E-state index contributed by atoms with van der Waals surface area (Å²) in [5.74, 6) is 1.67. The van der Waals surface area contributed by atoms with Crippen molar-refractivity contribution >= 4 is 5.91 Å². The highest BCUT2D eigenvalue weighted by atomic mass is 16.1. The van der Waals surface area contributed by atoms with E-state index in [9.17, 15) is 4.79 Å². The summed E-state index contributed by atoms with van der Waals surface area (Å²) in [6.07, 6.45) is 6.84. The van der Waals surface area contributed by atoms with Crippen molar-refractivity contribution in [3.05, 3.63) is 0 Å². The van der Waals surface area contributed by atoms with Crippen LogP contribution in [0.2, 0.25) is 0 Å². The number of carbonyl (C=O) groups excluding carboxylic acids is 1. The first-order valence-corrected chi connectivity index (χ1v) is 5.78. The number of rotatable bonds is 6. The second-order valence-electron chi connectivity index (χ2n) is 4.79. The van der Waals surface area contributed by atoms with Crippen LogP contribution in [0.4, 0.5) is 0 Å². The summed E-state index contributed by atoms with van der Waals surface area (Å²) in [7, 11) is 0. The van der Waals surface area contributed by atoms with E-state index in [4.69, 9.17) is 5.73 Å². The molecule has 14 heavy (non-hydrogen) atoms. The van der Waals surface area contributed by atoms with Gasteiger partial charge in [-0.05, 0) is 31.1 Å². The molecule has 0 bridgehead atoms. The van der Waals surface area contributed by atoms with E-state index in [1.165, 1.54) is 25.7 Å². The maximum Gasteiger partial charge on any atom is 0.221 e. The molecule has 0 aromatic carbocycles. The lowest BCUT2D eigenvalue weighted by Crippen LogP contribution is -2.33. The van der Waals surface area contributed by atoms with Gasteiger partial charge in [0.2, 0.25) is 5.91 Å². The lowest BCUT2D eigenvalue weighted by Gasteiger charge is -2.10. The van der Waals surface area contributed by atoms with Crippen molar-refractivity contribution < 1.29 is 4.79 Å². The smallest absolute Gasteiger partial charge is 0.221 e. The highest BCUT2D eigenvalue weighted by Gasteiger charge is 2.29. The zero-order chi connectivity index (χ0) is 9.97. The first kappa shape index (κ1) is 9.97. The van der Waals surface area contributed by atoms with Crippen molar-refractivity contribution in [1.29, 1.82) is 0 Å². The molecule has 0 radical (unpaired) electrons. The number of amides is 1. The maximum atomic E-state index is 11.4. The predicted octanol–water partition coefficient (Wildman–Crippen LogP) is 1.03. The van der Waals surface area contributed by atoms with Crippen LogP contribution in [-0.2, 0) is 4.79 Å². The molecule has 0 aromatic rings. The van der Waals surface area contributed by atoms with Crippen LogP contribution in [0.3, 0.4) is 0 Å². The SMILES string of the molecule is NC(CC(=O)NCCC1CC1)C1CC1. The Labute approximate surface area is 85.4 Å². The molecule has 2 aliphatic rings. The molecular formula is C11H20N2O. The molecule has 3 heteroatoms. The fraction of sp³-hybridized carbons (Fsp3) is 0.909. The third kappa shape index (κ3) is 3.29. The molecular weight excluding hydrogens is 176 g/mol. The van der Waals surface area contributed by atoms with E-state index in [1.54, 1.807) is 0 Å². The van der Waals surface area contributed by atoms with Crippen molar-refractivity contribution in [2.75, 3.05) is 6.54 Å². The number of hydrogen-bond acceptors (Lipinski definition) is 2. The van der Waals surface area contributed by atoms with E-state index >= 15 is 0 Å². The van der Waals surface area contributed by atoms with Gasteiger partial charge in [-0.25, -0.2) is 0 Å². The van der Waals surface area contributed by atoms with Gasteiger partial charge in [0.25, 0.3) is 0 Å². The summed E-state index contributed by atoms with van der Waals surface area (Å²) in [6, 6.07) is 0.107. The molecule has 1 atom stereocenters. The zero-order valence-corrected chi connectivity index (χ0v) is 8.67. The van der Waals surface area contributed by atoms with Gasteiger partial charge in [-0.2, -0.15) is 0 Å². The van der Waals surface area contributed by atoms with Crippen LogP contribution in [0.25, 0.3) is 0 Å². The molecule has 0 saturated heterocycles. The van der Waals surface area contributed by atoms with Gasteiger partial charge >= 0.3 is 0 Å². The Kier molecular flexibility index (Phi) is 3.06. The second kappa shape index (κ2) is 4.30. The van der Waals surface area contributed by atoms with Gasteiger partial charge in [0.15, 0.2) is 0 Å². The van der Waals surface area contributed by atoms with Crippen molar-refractivity contribution in [2.45, 2.75) is 44.6 Å². The maximum absolute atomic E-state index is 11.4. The Morgan fingerprint density at radius 1 is 1.36 bits per heavy atom. The fourth-order valence-electron chi connectivity index (χ4n) is 1.80. The van der Waals surface area contributed by atoms with Crippen LogP contribution in [0.15, 0.2) is 0 Å². The molecule has 2 saturated carbocycles. The third-order valence-electron chi connectivity index (χ3n) is 3.22. The molecule has 0 heterocycles. The molecule has 2 rings (SSSR count). The minimum Gasteiger partial charge on any atom is -0.356 e. The standard InChI is InChI=1S/C11H20N2O/c12-10(9-3-4-9)7-11(14)13-6-5-8-1-2-8/h8-10H,1-7,12H2,(H,13,14). The topological polar surface area (TPSA) is 55.1 Å². The fourth-order valence-corrected chi connectivity index (χ4v) is 1.80. The van der Waals surface area contributed by atoms with Crippen molar-refractivity contribution in [3.63, 3.8) is 0 Å². The Hall–Kier alpha value is -0.570. The van der Waals surface area contributed by atoms with Crippen LogP contribution in [0.5, 0.6) is 0 Å². The first-order chi connectivity index (χ1) is 6.75. The zero-order valence-electron chi connectivity index (χ0n) is 8.67. The Balaban J connectivity index is 1.52. The predicted molar refractivity (Wildman–Crippen MR) is 55.7 cm³/mol. The average molecular weight is 196 g/mol. The van der Waals surface area contributed by atoms with Gasteiger partial charge in [0.05, 0.1) is 0 Å². The van der Waals surface area contributed by atoms with Crippen molar-refractivity contribution in [1.82, 2.24) is 5.32 Å². The Morgan fingerprint density at radius 3 is 2.64 bits per heavy atom. The molecule has 2 aliphatic carbocycles. The second-order valence-corrected chi connectivity index (χ2v) is 4.79. The largest absolute Gasteiger partial charge is 0.356 e. The van der Waals surface area contributed by atoms with Crippen LogP contribution < -0.4 is 11.1 Å². The molecule has 1 unspecified atom stereocenters. The number of carbonyl (C=O) groups is 1. The van der Waals surface area contributed by atoms with Gasteiger partial charge in [0.1, 0.15) is 0 Å². The normalized spacial score (nSPS) is 23.2. The van der Waals surface area contributed by atoms with Crippen molar-refractivity contribution in [3.8, 4) is 0 Å². The molecule has 0 aromatic heterocycles. The van der Waals surface area contributed by atoms with Gasteiger partial charge < -0.3 is 11.1 Å². The van der Waals surface area contributed by atoms with Crippen LogP contribution in [-0.4, -0.2) is 18.5 Å². The molecule has 0 spiro atoms. The summed E-state index contributed by atoms with van der Waals surface area (Å²) in [6.45, 7) is 0.848. The summed E-state index contributed by atoms with van der Waals surface area (Å²) in [5.41, 5.74) is 5.86. The first-order valence-electron chi connectivity index (χ1n) is 5.78. The lowest BCUT2D eigenvalue weighted by molar-refractivity contribution is -0.121. The monoisotopic (exact) mass is 196 g/mol. The molecule has 2 fully saturated rings. The lowest BCUT2D eigenvalue weighted by atomic mass is 10.1. The number of nitrogens with two attached hydrogens (primary N) is 1. The molecule has 0 aliphatic heterocycles. The molecule has 3 nitrogen and oxygen atoms in total. The summed E-state index contributed by atoms with van der Waals surface area (Å²) in [5, 5.41) is 2.95. The van der Waals surface area contributed by atoms with Gasteiger partial charge in [-0.1, -0.05) is 12.8 Å². The summed E-state index contributed by atoms with van der Waals surface area (Å²) >= 11 is 0. The minimum absolute atomic E-state index is 0.107. The number of hydrogen-bond donors (Lipinski definition) is 2. The van der Waals surface area contributed by atoms with Crippen LogP contribution in [0.1, 0.15) is 38.5 Å². The highest BCUT2D eigenvalue weighted by molar-refractivity contribution is 5.76.